The number of rotatable bonds is 4. The highest BCUT2D eigenvalue weighted by molar-refractivity contribution is 7.09. The van der Waals surface area contributed by atoms with E-state index in [1.807, 2.05) is 12.3 Å². The van der Waals surface area contributed by atoms with Gasteiger partial charge in [0.25, 0.3) is 0 Å². The molecule has 1 aromatic heterocycles. The summed E-state index contributed by atoms with van der Waals surface area (Å²) >= 11 is 1.46. The van der Waals surface area contributed by atoms with E-state index in [1.165, 1.54) is 17.4 Å². The van der Waals surface area contributed by atoms with Crippen LogP contribution in [-0.2, 0) is 19.1 Å². The number of fused-ring (bicyclic) bond motifs is 1. The van der Waals surface area contributed by atoms with Crippen molar-refractivity contribution >= 4 is 29.1 Å². The summed E-state index contributed by atoms with van der Waals surface area (Å²) in [5.74, 6) is 0.980. The largest absolute Gasteiger partial charge is 0.462 e. The maximum atomic E-state index is 15.8. The molecule has 0 aromatic carbocycles. The van der Waals surface area contributed by atoms with Crippen molar-refractivity contribution in [3.05, 3.63) is 33.9 Å². The Bertz CT molecular complexity index is 1110. The third-order valence-electron chi connectivity index (χ3n) is 9.16. The van der Waals surface area contributed by atoms with Gasteiger partial charge in [-0.1, -0.05) is 26.2 Å². The van der Waals surface area contributed by atoms with Crippen LogP contribution in [0.3, 0.4) is 0 Å². The van der Waals surface area contributed by atoms with E-state index in [1.54, 1.807) is 6.26 Å². The van der Waals surface area contributed by atoms with Crippen molar-refractivity contribution < 1.29 is 23.5 Å². The summed E-state index contributed by atoms with van der Waals surface area (Å²) in [7, 11) is 0. The molecule has 1 aromatic rings. The number of aryl methyl sites for hydroxylation is 1. The summed E-state index contributed by atoms with van der Waals surface area (Å²) in [6, 6.07) is -0.837. The van der Waals surface area contributed by atoms with Crippen LogP contribution >= 0.6 is 11.3 Å². The van der Waals surface area contributed by atoms with Gasteiger partial charge in [-0.05, 0) is 57.9 Å². The molecule has 3 fully saturated rings. The number of hydrogen-bond donors (Lipinski definition) is 1. The molecular weight excluding hydrogens is 491 g/mol. The lowest BCUT2D eigenvalue weighted by molar-refractivity contribution is -0.135. The van der Waals surface area contributed by atoms with E-state index in [9.17, 15) is 9.59 Å². The van der Waals surface area contributed by atoms with Crippen LogP contribution in [0.4, 0.5) is 4.39 Å². The maximum absolute atomic E-state index is 15.8. The van der Waals surface area contributed by atoms with Gasteiger partial charge in [-0.2, -0.15) is 0 Å². The molecule has 2 saturated heterocycles. The van der Waals surface area contributed by atoms with Crippen LogP contribution in [0, 0.1) is 18.3 Å². The van der Waals surface area contributed by atoms with Gasteiger partial charge >= 0.3 is 0 Å². The number of nitrogens with one attached hydrogen (secondary N) is 1. The first-order chi connectivity index (χ1) is 17.6. The second kappa shape index (κ2) is 10.3. The highest BCUT2D eigenvalue weighted by Gasteiger charge is 2.67. The number of hydrogen-bond acceptors (Lipinski definition) is 6. The zero-order chi connectivity index (χ0) is 26.3. The number of epoxide rings is 1. The van der Waals surface area contributed by atoms with E-state index in [2.05, 4.69) is 24.1 Å². The van der Waals surface area contributed by atoms with Gasteiger partial charge in [-0.25, -0.2) is 9.37 Å². The van der Waals surface area contributed by atoms with Crippen LogP contribution in [0.15, 0.2) is 23.2 Å². The first-order valence-electron chi connectivity index (χ1n) is 13.8. The molecule has 5 rings (SSSR count). The molecule has 4 heterocycles. The smallest absolute Gasteiger partial charge is 0.220 e. The molecule has 0 bridgehead atoms. The highest BCUT2D eigenvalue weighted by Crippen LogP contribution is 2.59. The highest BCUT2D eigenvalue weighted by atomic mass is 32.1. The minimum Gasteiger partial charge on any atom is -0.462 e. The SMILES string of the molecule is Cc1nc(/C=C(\F)C2CC3(CC4=CO4)OC3(C)CCCC(C)CCC(=O)C3(CCC3)CCC(=O)N2)cs1. The average molecular weight is 531 g/mol. The average Bonchev–Trinajstić information content (AvgIpc) is 3.68. The predicted octanol–water partition coefficient (Wildman–Crippen LogP) is 6.55. The van der Waals surface area contributed by atoms with Crippen LogP contribution in [0.2, 0.25) is 0 Å². The Kier molecular flexibility index (Phi) is 7.35. The van der Waals surface area contributed by atoms with Crippen LogP contribution < -0.4 is 5.32 Å². The van der Waals surface area contributed by atoms with E-state index < -0.39 is 23.1 Å². The Hall–Kier alpha value is -2.06. The molecule has 4 unspecified atom stereocenters. The molecule has 1 saturated carbocycles. The molecule has 1 amide bonds. The summed E-state index contributed by atoms with van der Waals surface area (Å²) in [6.07, 6.45) is 11.9. The van der Waals surface area contributed by atoms with Crippen LogP contribution in [0.25, 0.3) is 6.08 Å². The molecule has 202 valence electrons. The number of halogens is 1. The van der Waals surface area contributed by atoms with Crippen LogP contribution in [0.1, 0.15) is 102 Å². The molecular formula is C29H39FN2O4S. The lowest BCUT2D eigenvalue weighted by Crippen LogP contribution is -2.43. The second-order valence-corrected chi connectivity index (χ2v) is 13.0. The Morgan fingerprint density at radius 2 is 2.00 bits per heavy atom. The number of carbonyl (C=O) groups excluding carboxylic acids is 2. The quantitative estimate of drug-likeness (QED) is 0.447. The lowest BCUT2D eigenvalue weighted by Gasteiger charge is -2.41. The van der Waals surface area contributed by atoms with Crippen molar-refractivity contribution in [3.63, 3.8) is 0 Å². The van der Waals surface area contributed by atoms with E-state index in [0.29, 0.717) is 43.1 Å². The number of ketones is 1. The molecule has 8 heteroatoms. The summed E-state index contributed by atoms with van der Waals surface area (Å²) < 4.78 is 27.6. The fourth-order valence-corrected chi connectivity index (χ4v) is 6.92. The monoisotopic (exact) mass is 530 g/mol. The molecule has 0 radical (unpaired) electrons. The molecule has 1 aliphatic carbocycles. The van der Waals surface area contributed by atoms with Crippen molar-refractivity contribution in [2.24, 2.45) is 11.3 Å². The normalized spacial score (nSPS) is 34.6. The summed E-state index contributed by atoms with van der Waals surface area (Å²) in [5, 5.41) is 5.64. The number of ether oxygens (including phenoxy) is 2. The van der Waals surface area contributed by atoms with E-state index in [-0.39, 0.29) is 17.7 Å². The fraction of sp³-hybridized carbons (Fsp3) is 0.690. The van der Waals surface area contributed by atoms with Crippen molar-refractivity contribution in [2.75, 3.05) is 0 Å². The number of thiazole rings is 1. The molecule has 3 aliphatic heterocycles. The Balaban J connectivity index is 1.40. The number of aromatic nitrogens is 1. The van der Waals surface area contributed by atoms with Gasteiger partial charge in [-0.3, -0.25) is 9.59 Å². The standard InChI is InChI=1S/C29H39FN2O4S/c1-19-6-4-10-27(3)29(36-27,15-22-17-35-22)16-24(23(30)14-21-18-37-20(2)31-21)32-26(34)9-13-28(11-5-12-28)25(33)8-7-19/h14,17-19,24H,4-13,15-16H2,1-3H3,(H,32,34)/b23-14-. The molecule has 1 N–H and O–H groups in total. The second-order valence-electron chi connectivity index (χ2n) is 11.9. The van der Waals surface area contributed by atoms with Gasteiger partial charge in [0.05, 0.1) is 22.3 Å². The minimum atomic E-state index is -0.837. The van der Waals surface area contributed by atoms with Crippen molar-refractivity contribution in [2.45, 2.75) is 115 Å². The van der Waals surface area contributed by atoms with Crippen molar-refractivity contribution in [1.29, 1.82) is 0 Å². The first-order valence-corrected chi connectivity index (χ1v) is 14.7. The third kappa shape index (κ3) is 5.85. The minimum absolute atomic E-state index is 0.220. The third-order valence-corrected chi connectivity index (χ3v) is 9.95. The van der Waals surface area contributed by atoms with Gasteiger partial charge in [-0.15, -0.1) is 11.3 Å². The predicted molar refractivity (Wildman–Crippen MR) is 141 cm³/mol. The Morgan fingerprint density at radius 1 is 1.22 bits per heavy atom. The topological polar surface area (TPSA) is 84.1 Å². The molecule has 37 heavy (non-hydrogen) atoms. The lowest BCUT2D eigenvalue weighted by atomic mass is 9.62. The van der Waals surface area contributed by atoms with E-state index >= 15 is 4.39 Å². The van der Waals surface area contributed by atoms with Crippen LogP contribution in [-0.4, -0.2) is 33.9 Å². The molecule has 4 atom stereocenters. The zero-order valence-electron chi connectivity index (χ0n) is 22.2. The summed E-state index contributed by atoms with van der Waals surface area (Å²) in [6.45, 7) is 6.20. The fourth-order valence-electron chi connectivity index (χ4n) is 6.35. The Morgan fingerprint density at radius 3 is 2.65 bits per heavy atom. The number of nitrogens with zero attached hydrogens (tertiary/aromatic N) is 1. The number of carbonyl (C=O) groups is 2. The van der Waals surface area contributed by atoms with Gasteiger partial charge < -0.3 is 14.8 Å². The van der Waals surface area contributed by atoms with Gasteiger partial charge in [0.1, 0.15) is 29.2 Å². The van der Waals surface area contributed by atoms with Gasteiger partial charge in [0.2, 0.25) is 5.91 Å². The maximum Gasteiger partial charge on any atom is 0.220 e. The Labute approximate surface area is 223 Å². The van der Waals surface area contributed by atoms with Gasteiger partial charge in [0.15, 0.2) is 0 Å². The molecule has 4 aliphatic rings. The van der Waals surface area contributed by atoms with E-state index in [0.717, 1.165) is 55.7 Å². The van der Waals surface area contributed by atoms with Crippen molar-refractivity contribution in [3.8, 4) is 0 Å². The molecule has 6 nitrogen and oxygen atoms in total. The number of Topliss-reactive ketones (excluding diaryl/α,β-unsaturated/α-hetero) is 1. The van der Waals surface area contributed by atoms with Crippen LogP contribution in [0.5, 0.6) is 0 Å². The van der Waals surface area contributed by atoms with Gasteiger partial charge in [0, 0.05) is 36.5 Å². The zero-order valence-corrected chi connectivity index (χ0v) is 23.1. The number of amides is 1. The molecule has 1 spiro atoms. The first kappa shape index (κ1) is 26.5. The van der Waals surface area contributed by atoms with Crippen molar-refractivity contribution in [1.82, 2.24) is 10.3 Å². The van der Waals surface area contributed by atoms with E-state index in [4.69, 9.17) is 9.47 Å². The summed E-state index contributed by atoms with van der Waals surface area (Å²) in [4.78, 5) is 30.7. The summed E-state index contributed by atoms with van der Waals surface area (Å²) in [5.41, 5.74) is -0.827.